The second-order valence-electron chi connectivity index (χ2n) is 6.32. The summed E-state index contributed by atoms with van der Waals surface area (Å²) in [5.41, 5.74) is 2.61. The average Bonchev–Trinajstić information content (AvgIpc) is 2.64. The van der Waals surface area contributed by atoms with Crippen LogP contribution in [0.15, 0.2) is 41.3 Å². The molecular formula is C20H26N2O4S. The Labute approximate surface area is 161 Å². The van der Waals surface area contributed by atoms with E-state index in [1.165, 1.54) is 13.1 Å². The van der Waals surface area contributed by atoms with E-state index < -0.39 is 10.0 Å². The third-order valence-electron chi connectivity index (χ3n) is 4.48. The summed E-state index contributed by atoms with van der Waals surface area (Å²) in [4.78, 5) is 12.8. The number of sulfonamides is 1. The highest BCUT2D eigenvalue weighted by Gasteiger charge is 2.20. The molecule has 0 spiro atoms. The van der Waals surface area contributed by atoms with Crippen molar-refractivity contribution in [2.24, 2.45) is 0 Å². The minimum absolute atomic E-state index is 0.115. The predicted molar refractivity (Wildman–Crippen MR) is 106 cm³/mol. The minimum atomic E-state index is -3.64. The highest BCUT2D eigenvalue weighted by molar-refractivity contribution is 7.89. The maximum Gasteiger partial charge on any atom is 0.251 e. The molecule has 7 heteroatoms. The fourth-order valence-electron chi connectivity index (χ4n) is 2.73. The number of hydrogen-bond donors (Lipinski definition) is 2. The number of amides is 1. The molecule has 2 N–H and O–H groups in total. The Balaban J connectivity index is 2.25. The van der Waals surface area contributed by atoms with Gasteiger partial charge in [0.25, 0.3) is 5.91 Å². The van der Waals surface area contributed by atoms with Crippen molar-refractivity contribution in [2.45, 2.75) is 38.6 Å². The predicted octanol–water partition coefficient (Wildman–Crippen LogP) is 3.10. The second-order valence-corrected chi connectivity index (χ2v) is 8.18. The Morgan fingerprint density at radius 1 is 1.15 bits per heavy atom. The van der Waals surface area contributed by atoms with Gasteiger partial charge in [-0.3, -0.25) is 4.79 Å². The lowest BCUT2D eigenvalue weighted by atomic mass is 10.0. The summed E-state index contributed by atoms with van der Waals surface area (Å²) in [5.74, 6) is 0.447. The largest absolute Gasteiger partial charge is 0.494 e. The van der Waals surface area contributed by atoms with Crippen molar-refractivity contribution in [3.8, 4) is 5.75 Å². The van der Waals surface area contributed by atoms with E-state index >= 15 is 0 Å². The molecule has 146 valence electrons. The first-order chi connectivity index (χ1) is 12.7. The van der Waals surface area contributed by atoms with E-state index in [2.05, 4.69) is 10.0 Å². The molecule has 0 bridgehead atoms. The first-order valence-electron chi connectivity index (χ1n) is 8.78. The zero-order valence-electron chi connectivity index (χ0n) is 16.3. The molecular weight excluding hydrogens is 364 g/mol. The summed E-state index contributed by atoms with van der Waals surface area (Å²) in [7, 11) is -2.29. The molecule has 0 aliphatic rings. The lowest BCUT2D eigenvalue weighted by molar-refractivity contribution is 0.0939. The normalized spacial score (nSPS) is 12.5. The molecule has 2 rings (SSSR count). The number of rotatable bonds is 7. The Bertz CT molecular complexity index is 922. The molecule has 0 aromatic heterocycles. The van der Waals surface area contributed by atoms with Gasteiger partial charge in [-0.05, 0) is 75.7 Å². The van der Waals surface area contributed by atoms with Gasteiger partial charge in [0.15, 0.2) is 0 Å². The van der Waals surface area contributed by atoms with Crippen LogP contribution in [-0.2, 0) is 10.0 Å². The molecule has 1 atom stereocenters. The number of ether oxygens (including phenoxy) is 1. The van der Waals surface area contributed by atoms with Crippen molar-refractivity contribution in [1.29, 1.82) is 0 Å². The second kappa shape index (κ2) is 8.54. The summed E-state index contributed by atoms with van der Waals surface area (Å²) in [6, 6.07) is 10.4. The molecule has 1 unspecified atom stereocenters. The summed E-state index contributed by atoms with van der Waals surface area (Å²) in [6.07, 6.45) is 0. The van der Waals surface area contributed by atoms with Crippen LogP contribution < -0.4 is 14.8 Å². The van der Waals surface area contributed by atoms with Crippen molar-refractivity contribution in [3.63, 3.8) is 0 Å². The van der Waals surface area contributed by atoms with Gasteiger partial charge in [0.2, 0.25) is 10.0 Å². The quantitative estimate of drug-likeness (QED) is 0.761. The highest BCUT2D eigenvalue weighted by atomic mass is 32.2. The van der Waals surface area contributed by atoms with Gasteiger partial charge < -0.3 is 10.1 Å². The maximum atomic E-state index is 12.7. The van der Waals surface area contributed by atoms with Gasteiger partial charge in [-0.25, -0.2) is 13.1 Å². The van der Waals surface area contributed by atoms with Crippen LogP contribution >= 0.6 is 0 Å². The lowest BCUT2D eigenvalue weighted by Crippen LogP contribution is -2.27. The Morgan fingerprint density at radius 2 is 1.78 bits per heavy atom. The number of aryl methyl sites for hydroxylation is 1. The fraction of sp³-hybridized carbons (Fsp3) is 0.350. The highest BCUT2D eigenvalue weighted by Crippen LogP contribution is 2.22. The molecule has 1 amide bonds. The molecule has 0 aliphatic heterocycles. The van der Waals surface area contributed by atoms with Crippen LogP contribution in [0.5, 0.6) is 5.75 Å². The number of carbonyl (C=O) groups is 1. The molecule has 0 heterocycles. The number of hydrogen-bond acceptors (Lipinski definition) is 4. The monoisotopic (exact) mass is 390 g/mol. The Morgan fingerprint density at radius 3 is 2.33 bits per heavy atom. The summed E-state index contributed by atoms with van der Waals surface area (Å²) in [6.45, 7) is 7.90. The Kier molecular flexibility index (Phi) is 6.62. The molecule has 0 saturated carbocycles. The molecule has 6 nitrogen and oxygen atoms in total. The SMILES string of the molecule is CCOc1ccc(C(C)NC(=O)c2cc(C)c(C)c(S(=O)(=O)NC)c2)cc1. The van der Waals surface area contributed by atoms with Gasteiger partial charge in [0.05, 0.1) is 17.5 Å². The van der Waals surface area contributed by atoms with Crippen molar-refractivity contribution in [1.82, 2.24) is 10.0 Å². The van der Waals surface area contributed by atoms with E-state index in [-0.39, 0.29) is 16.8 Å². The molecule has 0 aliphatic carbocycles. The minimum Gasteiger partial charge on any atom is -0.494 e. The number of nitrogens with one attached hydrogen (secondary N) is 2. The first-order valence-corrected chi connectivity index (χ1v) is 10.3. The van der Waals surface area contributed by atoms with E-state index in [1.54, 1.807) is 19.9 Å². The fourth-order valence-corrected chi connectivity index (χ4v) is 3.80. The standard InChI is InChI=1S/C20H26N2O4S/c1-6-26-18-9-7-16(8-10-18)15(4)22-20(23)17-11-13(2)14(3)19(12-17)27(24,25)21-5/h7-12,15,21H,6H2,1-5H3,(H,22,23). The third kappa shape index (κ3) is 4.87. The van der Waals surface area contributed by atoms with Crippen LogP contribution in [0.25, 0.3) is 0 Å². The van der Waals surface area contributed by atoms with Gasteiger partial charge in [0.1, 0.15) is 5.75 Å². The molecule has 2 aromatic rings. The summed E-state index contributed by atoms with van der Waals surface area (Å²) < 4.78 is 32.2. The van der Waals surface area contributed by atoms with Gasteiger partial charge >= 0.3 is 0 Å². The van der Waals surface area contributed by atoms with Crippen LogP contribution in [0, 0.1) is 13.8 Å². The molecule has 2 aromatic carbocycles. The lowest BCUT2D eigenvalue weighted by Gasteiger charge is -2.17. The van der Waals surface area contributed by atoms with Crippen molar-refractivity contribution in [2.75, 3.05) is 13.7 Å². The molecule has 0 saturated heterocycles. The smallest absolute Gasteiger partial charge is 0.251 e. The summed E-state index contributed by atoms with van der Waals surface area (Å²) >= 11 is 0. The van der Waals surface area contributed by atoms with Gasteiger partial charge in [-0.1, -0.05) is 12.1 Å². The van der Waals surface area contributed by atoms with Gasteiger partial charge in [-0.2, -0.15) is 0 Å². The molecule has 0 fully saturated rings. The van der Waals surface area contributed by atoms with Gasteiger partial charge in [0, 0.05) is 5.56 Å². The average molecular weight is 391 g/mol. The zero-order chi connectivity index (χ0) is 20.2. The molecule has 0 radical (unpaired) electrons. The summed E-state index contributed by atoms with van der Waals surface area (Å²) in [5, 5.41) is 2.91. The third-order valence-corrected chi connectivity index (χ3v) is 6.02. The topological polar surface area (TPSA) is 84.5 Å². The molecule has 27 heavy (non-hydrogen) atoms. The van der Waals surface area contributed by atoms with Gasteiger partial charge in [-0.15, -0.1) is 0 Å². The van der Waals surface area contributed by atoms with Crippen molar-refractivity contribution in [3.05, 3.63) is 58.7 Å². The van der Waals surface area contributed by atoms with Crippen LogP contribution in [0.1, 0.15) is 46.9 Å². The number of carbonyl (C=O) groups excluding carboxylic acids is 1. The Hall–Kier alpha value is -2.38. The first kappa shape index (κ1) is 20.9. The van der Waals surface area contributed by atoms with Crippen LogP contribution in [0.4, 0.5) is 0 Å². The van der Waals surface area contributed by atoms with E-state index in [1.807, 2.05) is 38.1 Å². The van der Waals surface area contributed by atoms with E-state index in [4.69, 9.17) is 4.74 Å². The van der Waals surface area contributed by atoms with E-state index in [9.17, 15) is 13.2 Å². The zero-order valence-corrected chi connectivity index (χ0v) is 17.1. The van der Waals surface area contributed by atoms with Crippen LogP contribution in [-0.4, -0.2) is 28.0 Å². The maximum absolute atomic E-state index is 12.7. The van der Waals surface area contributed by atoms with Crippen molar-refractivity contribution < 1.29 is 17.9 Å². The van der Waals surface area contributed by atoms with E-state index in [0.29, 0.717) is 17.7 Å². The van der Waals surface area contributed by atoms with E-state index in [0.717, 1.165) is 16.9 Å². The number of benzene rings is 2. The van der Waals surface area contributed by atoms with Crippen LogP contribution in [0.3, 0.4) is 0 Å². The van der Waals surface area contributed by atoms with Crippen molar-refractivity contribution >= 4 is 15.9 Å². The van der Waals surface area contributed by atoms with Crippen LogP contribution in [0.2, 0.25) is 0 Å².